The van der Waals surface area contributed by atoms with Crippen molar-refractivity contribution in [2.45, 2.75) is 32.0 Å². The minimum Gasteiger partial charge on any atom is -0.497 e. The Kier molecular flexibility index (Phi) is 5.49. The molecule has 0 aromatic heterocycles. The van der Waals surface area contributed by atoms with E-state index in [1.807, 2.05) is 48.5 Å². The summed E-state index contributed by atoms with van der Waals surface area (Å²) in [5.41, 5.74) is 2.17. The minimum atomic E-state index is -0.153. The number of hydrogen-bond acceptors (Lipinski definition) is 4. The van der Waals surface area contributed by atoms with Gasteiger partial charge in [-0.2, -0.15) is 0 Å². The van der Waals surface area contributed by atoms with Gasteiger partial charge in [-0.15, -0.1) is 0 Å². The molecule has 1 unspecified atom stereocenters. The Labute approximate surface area is 143 Å². The third-order valence-corrected chi connectivity index (χ3v) is 4.38. The number of benzene rings is 2. The van der Waals surface area contributed by atoms with Gasteiger partial charge in [-0.25, -0.2) is 0 Å². The van der Waals surface area contributed by atoms with Crippen molar-refractivity contribution in [3.8, 4) is 5.75 Å². The van der Waals surface area contributed by atoms with E-state index < -0.39 is 0 Å². The first-order chi connectivity index (χ1) is 11.8. The van der Waals surface area contributed by atoms with Crippen molar-refractivity contribution in [1.82, 2.24) is 4.90 Å². The van der Waals surface area contributed by atoms with Gasteiger partial charge in [0, 0.05) is 6.54 Å². The molecule has 126 valence electrons. The monoisotopic (exact) mass is 325 g/mol. The summed E-state index contributed by atoms with van der Waals surface area (Å²) in [7, 11) is 1.67. The molecule has 3 rings (SSSR count). The Bertz CT molecular complexity index is 672. The first-order valence-corrected chi connectivity index (χ1v) is 8.34. The van der Waals surface area contributed by atoms with Gasteiger partial charge in [0.25, 0.3) is 0 Å². The Hall–Kier alpha value is -2.33. The van der Waals surface area contributed by atoms with Crippen molar-refractivity contribution in [1.29, 1.82) is 0 Å². The summed E-state index contributed by atoms with van der Waals surface area (Å²) in [5.74, 6) is 0.717. The average molecular weight is 325 g/mol. The molecule has 4 nitrogen and oxygen atoms in total. The van der Waals surface area contributed by atoms with Crippen LogP contribution < -0.4 is 4.74 Å². The van der Waals surface area contributed by atoms with Crippen molar-refractivity contribution >= 4 is 5.97 Å². The van der Waals surface area contributed by atoms with Crippen molar-refractivity contribution in [3.63, 3.8) is 0 Å². The van der Waals surface area contributed by atoms with E-state index in [0.717, 1.165) is 42.8 Å². The molecule has 24 heavy (non-hydrogen) atoms. The van der Waals surface area contributed by atoms with E-state index in [0.29, 0.717) is 6.61 Å². The Morgan fingerprint density at radius 1 is 1.12 bits per heavy atom. The molecule has 4 heteroatoms. The van der Waals surface area contributed by atoms with Crippen molar-refractivity contribution < 1.29 is 14.3 Å². The first-order valence-electron chi connectivity index (χ1n) is 8.34. The number of esters is 1. The lowest BCUT2D eigenvalue weighted by Gasteiger charge is -2.23. The number of likely N-dealkylation sites (tertiary alicyclic amines) is 1. The molecular weight excluding hydrogens is 302 g/mol. The van der Waals surface area contributed by atoms with Gasteiger partial charge >= 0.3 is 5.97 Å². The minimum absolute atomic E-state index is 0.126. The van der Waals surface area contributed by atoms with E-state index in [4.69, 9.17) is 9.47 Å². The SMILES string of the molecule is COc1cccc(CN2CCCC2C(=O)OCc2ccccc2)c1. The van der Waals surface area contributed by atoms with Gasteiger partial charge in [0.2, 0.25) is 0 Å². The molecule has 0 radical (unpaired) electrons. The molecule has 0 spiro atoms. The van der Waals surface area contributed by atoms with Crippen molar-refractivity contribution in [2.75, 3.05) is 13.7 Å². The molecule has 0 saturated carbocycles. The van der Waals surface area contributed by atoms with Gasteiger partial charge < -0.3 is 9.47 Å². The fourth-order valence-electron chi connectivity index (χ4n) is 3.11. The second-order valence-corrected chi connectivity index (χ2v) is 6.07. The van der Waals surface area contributed by atoms with Gasteiger partial charge in [0.15, 0.2) is 0 Å². The highest BCUT2D eigenvalue weighted by atomic mass is 16.5. The predicted octanol–water partition coefficient (Wildman–Crippen LogP) is 3.40. The average Bonchev–Trinajstić information content (AvgIpc) is 3.09. The molecular formula is C20H23NO3. The second-order valence-electron chi connectivity index (χ2n) is 6.07. The van der Waals surface area contributed by atoms with Crippen LogP contribution in [0.15, 0.2) is 54.6 Å². The molecule has 0 amide bonds. The third kappa shape index (κ3) is 4.15. The third-order valence-electron chi connectivity index (χ3n) is 4.38. The number of ether oxygens (including phenoxy) is 2. The number of carbonyl (C=O) groups is 1. The molecule has 0 bridgehead atoms. The largest absolute Gasteiger partial charge is 0.497 e. The van der Waals surface area contributed by atoms with Crippen LogP contribution >= 0.6 is 0 Å². The van der Waals surface area contributed by atoms with Crippen molar-refractivity contribution in [2.24, 2.45) is 0 Å². The fraction of sp³-hybridized carbons (Fsp3) is 0.350. The molecule has 0 N–H and O–H groups in total. The number of methoxy groups -OCH3 is 1. The molecule has 1 saturated heterocycles. The highest BCUT2D eigenvalue weighted by molar-refractivity contribution is 5.76. The number of carbonyl (C=O) groups excluding carboxylic acids is 1. The van der Waals surface area contributed by atoms with Crippen LogP contribution in [0.4, 0.5) is 0 Å². The van der Waals surface area contributed by atoms with Crippen LogP contribution in [0, 0.1) is 0 Å². The number of hydrogen-bond donors (Lipinski definition) is 0. The maximum Gasteiger partial charge on any atom is 0.323 e. The molecule has 2 aromatic carbocycles. The standard InChI is InChI=1S/C20H23NO3/c1-23-18-10-5-9-17(13-18)14-21-12-6-11-19(21)20(22)24-15-16-7-3-2-4-8-16/h2-5,7-10,13,19H,6,11-12,14-15H2,1H3. The fourth-order valence-corrected chi connectivity index (χ4v) is 3.11. The van der Waals surface area contributed by atoms with Crippen LogP contribution in [0.1, 0.15) is 24.0 Å². The Morgan fingerprint density at radius 3 is 2.71 bits per heavy atom. The van der Waals surface area contributed by atoms with Crippen LogP contribution in [-0.4, -0.2) is 30.6 Å². The van der Waals surface area contributed by atoms with E-state index in [-0.39, 0.29) is 12.0 Å². The summed E-state index contributed by atoms with van der Waals surface area (Å²) in [6.07, 6.45) is 1.88. The zero-order valence-corrected chi connectivity index (χ0v) is 14.0. The van der Waals surface area contributed by atoms with E-state index in [1.54, 1.807) is 7.11 Å². The smallest absolute Gasteiger partial charge is 0.323 e. The Balaban J connectivity index is 1.59. The van der Waals surface area contributed by atoms with Gasteiger partial charge in [-0.3, -0.25) is 9.69 Å². The normalized spacial score (nSPS) is 17.6. The molecule has 2 aromatic rings. The molecule has 1 fully saturated rings. The van der Waals surface area contributed by atoms with Gasteiger partial charge in [-0.05, 0) is 42.6 Å². The summed E-state index contributed by atoms with van der Waals surface area (Å²) in [5, 5.41) is 0. The first kappa shape index (κ1) is 16.5. The molecule has 1 aliphatic rings. The molecule has 1 atom stereocenters. The van der Waals surface area contributed by atoms with E-state index in [1.165, 1.54) is 0 Å². The maximum absolute atomic E-state index is 12.5. The van der Waals surface area contributed by atoms with Crippen LogP contribution in [-0.2, 0) is 22.7 Å². The van der Waals surface area contributed by atoms with E-state index in [2.05, 4.69) is 11.0 Å². The van der Waals surface area contributed by atoms with Crippen LogP contribution in [0.2, 0.25) is 0 Å². The summed E-state index contributed by atoms with van der Waals surface area (Å²) in [6, 6.07) is 17.6. The summed E-state index contributed by atoms with van der Waals surface area (Å²) < 4.78 is 10.8. The zero-order valence-electron chi connectivity index (χ0n) is 14.0. The lowest BCUT2D eigenvalue weighted by atomic mass is 10.1. The second kappa shape index (κ2) is 7.97. The van der Waals surface area contributed by atoms with Gasteiger partial charge in [0.1, 0.15) is 18.4 Å². The molecule has 0 aliphatic carbocycles. The highest BCUT2D eigenvalue weighted by Crippen LogP contribution is 2.23. The van der Waals surface area contributed by atoms with Crippen LogP contribution in [0.5, 0.6) is 5.75 Å². The van der Waals surface area contributed by atoms with Gasteiger partial charge in [-0.1, -0.05) is 42.5 Å². The summed E-state index contributed by atoms with van der Waals surface area (Å²) in [4.78, 5) is 14.7. The van der Waals surface area contributed by atoms with E-state index >= 15 is 0 Å². The summed E-state index contributed by atoms with van der Waals surface area (Å²) >= 11 is 0. The van der Waals surface area contributed by atoms with Gasteiger partial charge in [0.05, 0.1) is 7.11 Å². The lowest BCUT2D eigenvalue weighted by Crippen LogP contribution is -2.36. The summed E-state index contributed by atoms with van der Waals surface area (Å²) in [6.45, 7) is 1.99. The predicted molar refractivity (Wildman–Crippen MR) is 92.7 cm³/mol. The zero-order chi connectivity index (χ0) is 16.8. The van der Waals surface area contributed by atoms with Crippen molar-refractivity contribution in [3.05, 3.63) is 65.7 Å². The molecule has 1 heterocycles. The lowest BCUT2D eigenvalue weighted by molar-refractivity contribution is -0.150. The molecule has 1 aliphatic heterocycles. The van der Waals surface area contributed by atoms with Crippen LogP contribution in [0.3, 0.4) is 0 Å². The van der Waals surface area contributed by atoms with E-state index in [9.17, 15) is 4.79 Å². The maximum atomic E-state index is 12.5. The highest BCUT2D eigenvalue weighted by Gasteiger charge is 2.31. The number of rotatable bonds is 6. The Morgan fingerprint density at radius 2 is 1.92 bits per heavy atom. The quantitative estimate of drug-likeness (QED) is 0.763. The topological polar surface area (TPSA) is 38.8 Å². The number of nitrogens with zero attached hydrogens (tertiary/aromatic N) is 1. The van der Waals surface area contributed by atoms with Crippen LogP contribution in [0.25, 0.3) is 0 Å².